The van der Waals surface area contributed by atoms with Crippen LogP contribution in [0.3, 0.4) is 0 Å². The Morgan fingerprint density at radius 1 is 1.33 bits per heavy atom. The molecule has 3 heteroatoms. The minimum atomic E-state index is -0.134. The minimum Gasteiger partial charge on any atom is -0.381 e. The van der Waals surface area contributed by atoms with Gasteiger partial charge in [-0.1, -0.05) is 12.1 Å². The number of benzene rings is 1. The van der Waals surface area contributed by atoms with Crippen molar-refractivity contribution in [2.24, 2.45) is 5.41 Å². The van der Waals surface area contributed by atoms with Crippen molar-refractivity contribution in [2.45, 2.75) is 25.2 Å². The van der Waals surface area contributed by atoms with Crippen LogP contribution in [-0.2, 0) is 4.74 Å². The maximum absolute atomic E-state index is 13.4. The second-order valence-corrected chi connectivity index (χ2v) is 5.58. The summed E-state index contributed by atoms with van der Waals surface area (Å²) in [7, 11) is 0. The molecule has 2 unspecified atom stereocenters. The molecule has 2 nitrogen and oxygen atoms in total. The average molecular weight is 249 g/mol. The molecule has 2 aliphatic rings. The first-order chi connectivity index (χ1) is 8.80. The van der Waals surface area contributed by atoms with Crippen molar-refractivity contribution in [2.75, 3.05) is 26.3 Å². The standard InChI is InChI=1S/C15H20FNO/c16-13-4-1-3-12(9-13)14-10-17-7-6-15(14)5-2-8-18-11-15/h1,3-4,9,14,17H,2,5-8,10-11H2. The van der Waals surface area contributed by atoms with Crippen LogP contribution in [0.15, 0.2) is 24.3 Å². The molecule has 1 spiro atoms. The van der Waals surface area contributed by atoms with E-state index >= 15 is 0 Å². The maximum atomic E-state index is 13.4. The molecule has 0 radical (unpaired) electrons. The van der Waals surface area contributed by atoms with E-state index in [0.717, 1.165) is 44.7 Å². The van der Waals surface area contributed by atoms with Gasteiger partial charge in [0, 0.05) is 24.5 Å². The normalized spacial score (nSPS) is 32.6. The Kier molecular flexibility index (Phi) is 3.35. The van der Waals surface area contributed by atoms with E-state index in [0.29, 0.717) is 5.92 Å². The van der Waals surface area contributed by atoms with Crippen LogP contribution >= 0.6 is 0 Å². The smallest absolute Gasteiger partial charge is 0.123 e. The molecular weight excluding hydrogens is 229 g/mol. The third kappa shape index (κ3) is 2.17. The highest BCUT2D eigenvalue weighted by atomic mass is 19.1. The number of ether oxygens (including phenoxy) is 1. The van der Waals surface area contributed by atoms with Crippen molar-refractivity contribution in [1.29, 1.82) is 0 Å². The lowest BCUT2D eigenvalue weighted by molar-refractivity contribution is -0.0370. The first-order valence-electron chi connectivity index (χ1n) is 6.84. The SMILES string of the molecule is Fc1cccc(C2CNCCC23CCCOC3)c1. The Labute approximate surface area is 108 Å². The van der Waals surface area contributed by atoms with E-state index in [1.54, 1.807) is 6.07 Å². The van der Waals surface area contributed by atoms with Crippen molar-refractivity contribution in [1.82, 2.24) is 5.32 Å². The molecule has 2 atom stereocenters. The molecule has 2 saturated heterocycles. The highest BCUT2D eigenvalue weighted by Gasteiger charge is 2.42. The number of hydrogen-bond acceptors (Lipinski definition) is 2. The largest absolute Gasteiger partial charge is 0.381 e. The average Bonchev–Trinajstić information content (AvgIpc) is 2.40. The molecule has 0 bridgehead atoms. The highest BCUT2D eigenvalue weighted by Crippen LogP contribution is 2.46. The van der Waals surface area contributed by atoms with Crippen molar-refractivity contribution in [3.63, 3.8) is 0 Å². The molecule has 0 aliphatic carbocycles. The lowest BCUT2D eigenvalue weighted by atomic mass is 9.65. The van der Waals surface area contributed by atoms with Gasteiger partial charge < -0.3 is 10.1 Å². The van der Waals surface area contributed by atoms with Crippen molar-refractivity contribution < 1.29 is 9.13 Å². The number of rotatable bonds is 1. The van der Waals surface area contributed by atoms with Gasteiger partial charge in [0.1, 0.15) is 5.82 Å². The summed E-state index contributed by atoms with van der Waals surface area (Å²) in [6.07, 6.45) is 3.47. The Hall–Kier alpha value is -0.930. The van der Waals surface area contributed by atoms with Crippen LogP contribution in [0.5, 0.6) is 0 Å². The Bertz CT molecular complexity index is 406. The summed E-state index contributed by atoms with van der Waals surface area (Å²) in [5, 5.41) is 3.45. The van der Waals surface area contributed by atoms with Gasteiger partial charge in [0.2, 0.25) is 0 Å². The van der Waals surface area contributed by atoms with Crippen molar-refractivity contribution in [3.05, 3.63) is 35.6 Å². The number of halogens is 1. The summed E-state index contributed by atoms with van der Waals surface area (Å²) in [5.74, 6) is 0.243. The predicted molar refractivity (Wildman–Crippen MR) is 69.1 cm³/mol. The first-order valence-corrected chi connectivity index (χ1v) is 6.84. The van der Waals surface area contributed by atoms with Crippen LogP contribution in [-0.4, -0.2) is 26.3 Å². The fraction of sp³-hybridized carbons (Fsp3) is 0.600. The summed E-state index contributed by atoms with van der Waals surface area (Å²) in [6.45, 7) is 3.70. The van der Waals surface area contributed by atoms with Gasteiger partial charge in [-0.25, -0.2) is 4.39 Å². The molecular formula is C15H20FNO. The van der Waals surface area contributed by atoms with Crippen molar-refractivity contribution in [3.8, 4) is 0 Å². The molecule has 2 fully saturated rings. The monoisotopic (exact) mass is 249 g/mol. The molecule has 1 N–H and O–H groups in total. The third-order valence-electron chi connectivity index (χ3n) is 4.49. The van der Waals surface area contributed by atoms with Crippen LogP contribution in [0.4, 0.5) is 4.39 Å². The van der Waals surface area contributed by atoms with Crippen molar-refractivity contribution >= 4 is 0 Å². The molecule has 2 heterocycles. The van der Waals surface area contributed by atoms with E-state index in [1.807, 2.05) is 6.07 Å². The highest BCUT2D eigenvalue weighted by molar-refractivity contribution is 5.25. The summed E-state index contributed by atoms with van der Waals surface area (Å²) in [6, 6.07) is 7.07. The molecule has 0 aromatic heterocycles. The van der Waals surface area contributed by atoms with E-state index < -0.39 is 0 Å². The van der Waals surface area contributed by atoms with Gasteiger partial charge in [-0.05, 0) is 43.5 Å². The molecule has 0 saturated carbocycles. The van der Waals surface area contributed by atoms with Crippen LogP contribution in [0, 0.1) is 11.2 Å². The van der Waals surface area contributed by atoms with Crippen LogP contribution in [0.1, 0.15) is 30.7 Å². The number of hydrogen-bond donors (Lipinski definition) is 1. The molecule has 1 aromatic rings. The topological polar surface area (TPSA) is 21.3 Å². The zero-order valence-electron chi connectivity index (χ0n) is 10.6. The van der Waals surface area contributed by atoms with Crippen LogP contribution < -0.4 is 5.32 Å². The lowest BCUT2D eigenvalue weighted by Gasteiger charge is -2.47. The molecule has 98 valence electrons. The zero-order chi connectivity index (χ0) is 12.4. The summed E-state index contributed by atoms with van der Waals surface area (Å²) < 4.78 is 19.1. The van der Waals surface area contributed by atoms with Gasteiger partial charge in [-0.15, -0.1) is 0 Å². The lowest BCUT2D eigenvalue weighted by Crippen LogP contribution is -2.48. The van der Waals surface area contributed by atoms with E-state index in [-0.39, 0.29) is 11.2 Å². The van der Waals surface area contributed by atoms with Gasteiger partial charge in [0.05, 0.1) is 6.61 Å². The molecule has 2 aliphatic heterocycles. The zero-order valence-corrected chi connectivity index (χ0v) is 10.6. The Morgan fingerprint density at radius 2 is 2.28 bits per heavy atom. The Morgan fingerprint density at radius 3 is 3.06 bits per heavy atom. The maximum Gasteiger partial charge on any atom is 0.123 e. The second-order valence-electron chi connectivity index (χ2n) is 5.58. The van der Waals surface area contributed by atoms with E-state index in [2.05, 4.69) is 11.4 Å². The second kappa shape index (κ2) is 4.98. The molecule has 3 rings (SSSR count). The summed E-state index contributed by atoms with van der Waals surface area (Å²) >= 11 is 0. The number of piperidine rings is 1. The predicted octanol–water partition coefficient (Wildman–Crippen LogP) is 2.70. The fourth-order valence-corrected chi connectivity index (χ4v) is 3.52. The minimum absolute atomic E-state index is 0.134. The van der Waals surface area contributed by atoms with Crippen LogP contribution in [0.25, 0.3) is 0 Å². The van der Waals surface area contributed by atoms with E-state index in [9.17, 15) is 4.39 Å². The van der Waals surface area contributed by atoms with E-state index in [1.165, 1.54) is 12.5 Å². The molecule has 18 heavy (non-hydrogen) atoms. The summed E-state index contributed by atoms with van der Waals surface area (Å²) in [4.78, 5) is 0. The third-order valence-corrected chi connectivity index (χ3v) is 4.49. The van der Waals surface area contributed by atoms with Gasteiger partial charge in [-0.2, -0.15) is 0 Å². The molecule has 1 aromatic carbocycles. The van der Waals surface area contributed by atoms with Crippen LogP contribution in [0.2, 0.25) is 0 Å². The summed E-state index contributed by atoms with van der Waals surface area (Å²) in [5.41, 5.74) is 1.34. The quantitative estimate of drug-likeness (QED) is 0.826. The van der Waals surface area contributed by atoms with Gasteiger partial charge in [0.15, 0.2) is 0 Å². The first kappa shape index (κ1) is 12.1. The Balaban J connectivity index is 1.91. The number of nitrogens with one attached hydrogen (secondary N) is 1. The van der Waals surface area contributed by atoms with E-state index in [4.69, 9.17) is 4.74 Å². The fourth-order valence-electron chi connectivity index (χ4n) is 3.52. The van der Waals surface area contributed by atoms with Gasteiger partial charge >= 0.3 is 0 Å². The van der Waals surface area contributed by atoms with Gasteiger partial charge in [0.25, 0.3) is 0 Å². The van der Waals surface area contributed by atoms with Gasteiger partial charge in [-0.3, -0.25) is 0 Å². The molecule has 0 amide bonds.